The number of nitrogens with zero attached hydrogens (tertiary/aromatic N) is 2. The average molecular weight is 390 g/mol. The molecule has 1 aliphatic heterocycles. The summed E-state index contributed by atoms with van der Waals surface area (Å²) in [4.78, 5) is 12.7. The second-order valence-electron chi connectivity index (χ2n) is 7.22. The van der Waals surface area contributed by atoms with Crippen molar-refractivity contribution >= 4 is 36.8 Å². The minimum atomic E-state index is -0.322. The molecular weight excluding hydrogens is 367 g/mol. The molecule has 3 rings (SSSR count). The van der Waals surface area contributed by atoms with Crippen LogP contribution >= 0.6 is 12.4 Å². The molecule has 0 radical (unpaired) electrons. The molecule has 1 aromatic carbocycles. The Labute approximate surface area is 143 Å². The van der Waals surface area contributed by atoms with E-state index in [2.05, 4.69) is 6.07 Å². The van der Waals surface area contributed by atoms with Crippen LogP contribution in [0.2, 0.25) is 0 Å². The first kappa shape index (κ1) is 17.8. The maximum Gasteiger partial charge on any atom is -0.147 e. The van der Waals surface area contributed by atoms with Gasteiger partial charge >= 0.3 is 130 Å². The van der Waals surface area contributed by atoms with Crippen molar-refractivity contribution in [3.05, 3.63) is 34.6 Å². The minimum absolute atomic E-state index is 0. The molecule has 1 fully saturated rings. The van der Waals surface area contributed by atoms with Crippen LogP contribution in [-0.2, 0) is 0 Å². The van der Waals surface area contributed by atoms with Crippen molar-refractivity contribution < 1.29 is 5.21 Å². The molecule has 0 unspecified atom stereocenters. The summed E-state index contributed by atoms with van der Waals surface area (Å²) in [5.41, 5.74) is -0.483. The Balaban J connectivity index is 0.00000176. The van der Waals surface area contributed by atoms with E-state index in [4.69, 9.17) is 0 Å². The van der Waals surface area contributed by atoms with Gasteiger partial charge < -0.3 is 0 Å². The summed E-state index contributed by atoms with van der Waals surface area (Å²) in [6.07, 6.45) is 1.60. The minimum Gasteiger partial charge on any atom is -0.147 e. The molecular formula is C16H23ClN2O2Se. The molecule has 0 bridgehead atoms. The fraction of sp³-hybridized carbons (Fsp3) is 0.562. The number of aromatic nitrogens is 1. The normalized spacial score (nSPS) is 21.7. The Morgan fingerprint density at radius 2 is 1.68 bits per heavy atom. The van der Waals surface area contributed by atoms with Gasteiger partial charge in [0.2, 0.25) is 0 Å². The Morgan fingerprint density at radius 1 is 1.14 bits per heavy atom. The summed E-state index contributed by atoms with van der Waals surface area (Å²) in [5.74, 6) is 0. The fourth-order valence-corrected chi connectivity index (χ4v) is 5.89. The molecule has 0 atom stereocenters. The summed E-state index contributed by atoms with van der Waals surface area (Å²) in [6.45, 7) is 8.17. The fourth-order valence-electron chi connectivity index (χ4n) is 3.61. The van der Waals surface area contributed by atoms with Crippen LogP contribution in [0.3, 0.4) is 0 Å². The quantitative estimate of drug-likeness (QED) is 0.762. The average Bonchev–Trinajstić information content (AvgIpc) is 2.73. The number of fused-ring (bicyclic) bond motifs is 1. The smallest absolute Gasteiger partial charge is 0.147 e. The molecule has 0 saturated carbocycles. The number of piperidine rings is 1. The summed E-state index contributed by atoms with van der Waals surface area (Å²) in [6, 6.07) is 8.11. The Kier molecular flexibility index (Phi) is 4.69. The van der Waals surface area contributed by atoms with Gasteiger partial charge in [0.1, 0.15) is 0 Å². The summed E-state index contributed by atoms with van der Waals surface area (Å²) in [5, 5.41) is 12.7. The predicted molar refractivity (Wildman–Crippen MR) is 92.5 cm³/mol. The van der Waals surface area contributed by atoms with Gasteiger partial charge in [-0.2, -0.15) is 0 Å². The molecule has 0 amide bonds. The van der Waals surface area contributed by atoms with Gasteiger partial charge in [0.25, 0.3) is 0 Å². The number of hydrogen-bond acceptors (Lipinski definition) is 3. The Bertz CT molecular complexity index is 717. The molecule has 0 aliphatic carbocycles. The standard InChI is InChI=1S/C16H22N2O2Se.ClH/c1-15(2)9-11(10-16(3,4)18(15)20)17-14(19)12-7-5-6-8-13(12)21-17;/h5-8,11,20H,9-10H2,1-4H3;1H. The maximum atomic E-state index is 12.7. The van der Waals surface area contributed by atoms with Crippen molar-refractivity contribution in [1.29, 1.82) is 0 Å². The van der Waals surface area contributed by atoms with Crippen LogP contribution in [0.4, 0.5) is 0 Å². The molecule has 1 aromatic heterocycles. The van der Waals surface area contributed by atoms with Gasteiger partial charge in [-0.1, -0.05) is 0 Å². The third kappa shape index (κ3) is 2.81. The summed E-state index contributed by atoms with van der Waals surface area (Å²) >= 11 is 0.0577. The summed E-state index contributed by atoms with van der Waals surface area (Å²) in [7, 11) is 0. The molecule has 1 N–H and O–H groups in total. The molecule has 4 nitrogen and oxygen atoms in total. The zero-order valence-electron chi connectivity index (χ0n) is 13.4. The van der Waals surface area contributed by atoms with E-state index >= 15 is 0 Å². The van der Waals surface area contributed by atoms with Gasteiger partial charge in [0.05, 0.1) is 0 Å². The zero-order valence-corrected chi connectivity index (χ0v) is 15.9. The first-order valence-corrected chi connectivity index (χ1v) is 8.94. The first-order valence-electron chi connectivity index (χ1n) is 7.32. The molecule has 1 aliphatic rings. The van der Waals surface area contributed by atoms with E-state index in [1.165, 1.54) is 9.32 Å². The molecule has 2 heterocycles. The monoisotopic (exact) mass is 390 g/mol. The van der Waals surface area contributed by atoms with E-state index in [1.807, 2.05) is 49.5 Å². The zero-order chi connectivity index (χ0) is 15.4. The van der Waals surface area contributed by atoms with Gasteiger partial charge in [-0.3, -0.25) is 0 Å². The van der Waals surface area contributed by atoms with E-state index < -0.39 is 0 Å². The van der Waals surface area contributed by atoms with E-state index in [-0.39, 0.29) is 49.8 Å². The van der Waals surface area contributed by atoms with E-state index in [0.717, 1.165) is 18.2 Å². The van der Waals surface area contributed by atoms with E-state index in [0.29, 0.717) is 0 Å². The molecule has 0 spiro atoms. The SMILES string of the molecule is CC1(C)CC(n2[se]c3ccccc3c2=O)CC(C)(C)N1O.Cl. The number of benzene rings is 1. The van der Waals surface area contributed by atoms with Gasteiger partial charge in [-0.15, -0.1) is 12.4 Å². The number of hydroxylamine groups is 2. The van der Waals surface area contributed by atoms with Gasteiger partial charge in [0.15, 0.2) is 0 Å². The van der Waals surface area contributed by atoms with Crippen molar-refractivity contribution in [2.75, 3.05) is 0 Å². The van der Waals surface area contributed by atoms with Crippen molar-refractivity contribution in [3.63, 3.8) is 0 Å². The Hall–Kier alpha value is -0.581. The maximum absolute atomic E-state index is 12.7. The second-order valence-corrected chi connectivity index (χ2v) is 9.35. The third-order valence-corrected chi connectivity index (χ3v) is 7.01. The van der Waals surface area contributed by atoms with Crippen molar-refractivity contribution in [2.24, 2.45) is 0 Å². The molecule has 6 heteroatoms. The Morgan fingerprint density at radius 3 is 2.23 bits per heavy atom. The molecule has 2 aromatic rings. The van der Waals surface area contributed by atoms with Gasteiger partial charge in [-0.25, -0.2) is 0 Å². The van der Waals surface area contributed by atoms with Crippen molar-refractivity contribution in [2.45, 2.75) is 57.7 Å². The largest absolute Gasteiger partial charge is 0.147 e. The van der Waals surface area contributed by atoms with E-state index in [9.17, 15) is 10.0 Å². The third-order valence-electron chi connectivity index (χ3n) is 4.46. The second kappa shape index (κ2) is 5.81. The van der Waals surface area contributed by atoms with Crippen LogP contribution < -0.4 is 5.56 Å². The first-order chi connectivity index (χ1) is 9.72. The predicted octanol–water partition coefficient (Wildman–Crippen LogP) is 3.06. The molecule has 1 saturated heterocycles. The van der Waals surface area contributed by atoms with Crippen LogP contribution in [0.25, 0.3) is 9.65 Å². The van der Waals surface area contributed by atoms with Crippen LogP contribution in [0, 0.1) is 0 Å². The topological polar surface area (TPSA) is 45.5 Å². The number of halogens is 1. The van der Waals surface area contributed by atoms with Crippen LogP contribution in [0.1, 0.15) is 46.6 Å². The van der Waals surface area contributed by atoms with Crippen LogP contribution in [0.5, 0.6) is 0 Å². The number of rotatable bonds is 1. The van der Waals surface area contributed by atoms with Gasteiger partial charge in [0, 0.05) is 0 Å². The summed E-state index contributed by atoms with van der Waals surface area (Å²) < 4.78 is 3.23. The molecule has 22 heavy (non-hydrogen) atoms. The number of hydrogen-bond donors (Lipinski definition) is 1. The van der Waals surface area contributed by atoms with Crippen molar-refractivity contribution in [3.8, 4) is 0 Å². The van der Waals surface area contributed by atoms with Crippen LogP contribution in [-0.4, -0.2) is 39.6 Å². The van der Waals surface area contributed by atoms with E-state index in [1.54, 1.807) is 0 Å². The van der Waals surface area contributed by atoms with Crippen LogP contribution in [0.15, 0.2) is 29.1 Å². The van der Waals surface area contributed by atoms with Gasteiger partial charge in [-0.05, 0) is 0 Å². The van der Waals surface area contributed by atoms with Crippen molar-refractivity contribution in [1.82, 2.24) is 8.63 Å². The molecule has 122 valence electrons.